The van der Waals surface area contributed by atoms with E-state index in [1.165, 1.54) is 12.1 Å². The van der Waals surface area contributed by atoms with Gasteiger partial charge in [-0.2, -0.15) is 0 Å². The zero-order valence-electron chi connectivity index (χ0n) is 13.6. The van der Waals surface area contributed by atoms with Crippen LogP contribution in [0.2, 0.25) is 0 Å². The number of fused-ring (bicyclic) bond motifs is 1. The van der Waals surface area contributed by atoms with Crippen LogP contribution in [0, 0.1) is 5.82 Å². The summed E-state index contributed by atoms with van der Waals surface area (Å²) in [6.07, 6.45) is 2.12. The van der Waals surface area contributed by atoms with Crippen LogP contribution < -0.4 is 5.73 Å². The van der Waals surface area contributed by atoms with E-state index >= 15 is 0 Å². The molecule has 0 spiro atoms. The fraction of sp³-hybridized carbons (Fsp3) is 0.222. The van der Waals surface area contributed by atoms with Crippen LogP contribution in [0.4, 0.5) is 4.39 Å². The van der Waals surface area contributed by atoms with Gasteiger partial charge in [-0.15, -0.1) is 0 Å². The number of imidazole rings is 1. The minimum atomic E-state index is -0.807. The van der Waals surface area contributed by atoms with Crippen molar-refractivity contribution in [2.24, 2.45) is 5.73 Å². The number of halogens is 2. The average Bonchev–Trinajstić information content (AvgIpc) is 2.93. The summed E-state index contributed by atoms with van der Waals surface area (Å²) in [7, 11) is 0. The van der Waals surface area contributed by atoms with E-state index in [2.05, 4.69) is 20.9 Å². The molecule has 0 aliphatic carbocycles. The van der Waals surface area contributed by atoms with Gasteiger partial charge in [-0.3, -0.25) is 4.79 Å². The van der Waals surface area contributed by atoms with Crippen molar-refractivity contribution in [3.63, 3.8) is 0 Å². The first-order chi connectivity index (χ1) is 12.0. The minimum Gasteiger partial charge on any atom is -0.465 e. The molecule has 1 atom stereocenters. The molecule has 0 saturated heterocycles. The number of hydrogen-bond acceptors (Lipinski definition) is 4. The van der Waals surface area contributed by atoms with Gasteiger partial charge in [0.15, 0.2) is 0 Å². The molecular formula is C18H17BrFN3O2. The lowest BCUT2D eigenvalue weighted by molar-refractivity contribution is -0.144. The van der Waals surface area contributed by atoms with Crippen LogP contribution in [0.25, 0.3) is 16.9 Å². The van der Waals surface area contributed by atoms with E-state index < -0.39 is 12.0 Å². The van der Waals surface area contributed by atoms with E-state index in [0.717, 1.165) is 15.7 Å². The molecule has 3 rings (SSSR count). The molecular weight excluding hydrogens is 389 g/mol. The van der Waals surface area contributed by atoms with Gasteiger partial charge in [0.25, 0.3) is 0 Å². The van der Waals surface area contributed by atoms with Crippen LogP contribution >= 0.6 is 15.9 Å². The van der Waals surface area contributed by atoms with E-state index in [1.807, 2.05) is 22.7 Å². The Balaban J connectivity index is 2.09. The highest BCUT2D eigenvalue weighted by atomic mass is 79.9. The zero-order chi connectivity index (χ0) is 18.0. The molecule has 2 aromatic heterocycles. The Morgan fingerprint density at radius 3 is 2.72 bits per heavy atom. The van der Waals surface area contributed by atoms with Crippen molar-refractivity contribution in [1.82, 2.24) is 9.38 Å². The highest BCUT2D eigenvalue weighted by molar-refractivity contribution is 9.10. The molecule has 7 heteroatoms. The molecule has 130 valence electrons. The molecule has 0 radical (unpaired) electrons. The first-order valence-corrected chi connectivity index (χ1v) is 8.63. The van der Waals surface area contributed by atoms with E-state index in [0.29, 0.717) is 11.3 Å². The fourth-order valence-electron chi connectivity index (χ4n) is 2.64. The number of carbonyl (C=O) groups is 1. The van der Waals surface area contributed by atoms with Crippen LogP contribution in [0.1, 0.15) is 12.6 Å². The summed E-state index contributed by atoms with van der Waals surface area (Å²) in [4.78, 5) is 16.6. The maximum absolute atomic E-state index is 13.2. The number of hydrogen-bond donors (Lipinski definition) is 1. The normalized spacial score (nSPS) is 12.3. The quantitative estimate of drug-likeness (QED) is 0.660. The topological polar surface area (TPSA) is 69.6 Å². The predicted octanol–water partition coefficient (Wildman–Crippen LogP) is 3.34. The average molecular weight is 406 g/mol. The van der Waals surface area contributed by atoms with Gasteiger partial charge in [0, 0.05) is 22.7 Å². The van der Waals surface area contributed by atoms with Crippen molar-refractivity contribution in [2.75, 3.05) is 6.61 Å². The summed E-state index contributed by atoms with van der Waals surface area (Å²) >= 11 is 3.44. The summed E-state index contributed by atoms with van der Waals surface area (Å²) in [5, 5.41) is 0. The third kappa shape index (κ3) is 3.72. The van der Waals surface area contributed by atoms with Gasteiger partial charge in [-0.25, -0.2) is 9.37 Å². The monoisotopic (exact) mass is 405 g/mol. The van der Waals surface area contributed by atoms with Crippen molar-refractivity contribution < 1.29 is 13.9 Å². The van der Waals surface area contributed by atoms with E-state index in [9.17, 15) is 9.18 Å². The first-order valence-electron chi connectivity index (χ1n) is 7.84. The number of pyridine rings is 1. The Kier molecular flexibility index (Phi) is 5.15. The molecule has 0 aliphatic heterocycles. The van der Waals surface area contributed by atoms with E-state index in [4.69, 9.17) is 10.5 Å². The van der Waals surface area contributed by atoms with Crippen molar-refractivity contribution in [1.29, 1.82) is 0 Å². The molecule has 0 aliphatic rings. The van der Waals surface area contributed by atoms with Crippen LogP contribution in [0.5, 0.6) is 0 Å². The summed E-state index contributed by atoms with van der Waals surface area (Å²) in [6, 6.07) is 9.01. The number of benzene rings is 1. The van der Waals surface area contributed by atoms with Crippen molar-refractivity contribution >= 4 is 27.5 Å². The molecule has 0 amide bonds. The number of nitrogens with two attached hydrogens (primary N) is 1. The van der Waals surface area contributed by atoms with Crippen LogP contribution in [0.3, 0.4) is 0 Å². The van der Waals surface area contributed by atoms with Gasteiger partial charge in [0.1, 0.15) is 17.5 Å². The number of rotatable bonds is 5. The third-order valence-corrected chi connectivity index (χ3v) is 4.27. The van der Waals surface area contributed by atoms with Gasteiger partial charge >= 0.3 is 5.97 Å². The highest BCUT2D eigenvalue weighted by Crippen LogP contribution is 2.27. The van der Waals surface area contributed by atoms with Crippen molar-refractivity contribution in [3.8, 4) is 11.3 Å². The van der Waals surface area contributed by atoms with Crippen LogP contribution in [-0.2, 0) is 16.0 Å². The van der Waals surface area contributed by atoms with Crippen LogP contribution in [0.15, 0.2) is 47.1 Å². The van der Waals surface area contributed by atoms with Gasteiger partial charge in [0.2, 0.25) is 0 Å². The lowest BCUT2D eigenvalue weighted by Gasteiger charge is -2.12. The summed E-state index contributed by atoms with van der Waals surface area (Å²) < 4.78 is 21.0. The molecule has 0 bridgehead atoms. The van der Waals surface area contributed by atoms with Gasteiger partial charge in [-0.05, 0) is 59.3 Å². The lowest BCUT2D eigenvalue weighted by atomic mass is 10.1. The van der Waals surface area contributed by atoms with Crippen molar-refractivity contribution in [3.05, 3.63) is 58.6 Å². The SMILES string of the molecule is CCOC(=O)C(N)Cc1c(-c2ccc(F)cc2)nc2ccc(Br)cn12. The number of esters is 1. The van der Waals surface area contributed by atoms with Gasteiger partial charge in [-0.1, -0.05) is 0 Å². The number of ether oxygens (including phenoxy) is 1. The molecule has 0 fully saturated rings. The van der Waals surface area contributed by atoms with Crippen LogP contribution in [-0.4, -0.2) is 28.0 Å². The van der Waals surface area contributed by atoms with Crippen molar-refractivity contribution in [2.45, 2.75) is 19.4 Å². The largest absolute Gasteiger partial charge is 0.465 e. The molecule has 1 aromatic carbocycles. The Morgan fingerprint density at radius 2 is 2.04 bits per heavy atom. The van der Waals surface area contributed by atoms with Gasteiger partial charge < -0.3 is 14.9 Å². The second-order valence-electron chi connectivity index (χ2n) is 5.55. The number of aromatic nitrogens is 2. The standard InChI is InChI=1S/C18H17BrFN3O2/c1-2-25-18(24)14(21)9-15-17(11-3-6-13(20)7-4-11)22-16-8-5-12(19)10-23(15)16/h3-8,10,14H,2,9,21H2,1H3. The maximum Gasteiger partial charge on any atom is 0.323 e. The Labute approximate surface area is 152 Å². The minimum absolute atomic E-state index is 0.253. The summed E-state index contributed by atoms with van der Waals surface area (Å²) in [5.41, 5.74) is 8.91. The maximum atomic E-state index is 13.2. The zero-order valence-corrected chi connectivity index (χ0v) is 15.2. The number of nitrogens with zero attached hydrogens (tertiary/aromatic N) is 2. The second-order valence-corrected chi connectivity index (χ2v) is 6.47. The smallest absolute Gasteiger partial charge is 0.323 e. The molecule has 0 saturated carbocycles. The second kappa shape index (κ2) is 7.33. The summed E-state index contributed by atoms with van der Waals surface area (Å²) in [5.74, 6) is -0.780. The highest BCUT2D eigenvalue weighted by Gasteiger charge is 2.22. The Morgan fingerprint density at radius 1 is 1.32 bits per heavy atom. The lowest BCUT2D eigenvalue weighted by Crippen LogP contribution is -2.34. The number of carbonyl (C=O) groups excluding carboxylic acids is 1. The molecule has 25 heavy (non-hydrogen) atoms. The molecule has 5 nitrogen and oxygen atoms in total. The predicted molar refractivity (Wildman–Crippen MR) is 96.6 cm³/mol. The molecule has 2 N–H and O–H groups in total. The first kappa shape index (κ1) is 17.6. The van der Waals surface area contributed by atoms with Gasteiger partial charge in [0.05, 0.1) is 18.0 Å². The van der Waals surface area contributed by atoms with E-state index in [-0.39, 0.29) is 18.8 Å². The Bertz CT molecular complexity index is 909. The van der Waals surface area contributed by atoms with E-state index in [1.54, 1.807) is 19.1 Å². The molecule has 1 unspecified atom stereocenters. The summed E-state index contributed by atoms with van der Waals surface area (Å²) in [6.45, 7) is 2.01. The molecule has 2 heterocycles. The third-order valence-electron chi connectivity index (χ3n) is 3.80. The fourth-order valence-corrected chi connectivity index (χ4v) is 2.98. The molecule has 3 aromatic rings. The Hall–Kier alpha value is -2.25.